The Kier molecular flexibility index (Phi) is 11.8. The van der Waals surface area contributed by atoms with Crippen LogP contribution < -0.4 is 21.7 Å². The molecule has 0 radical (unpaired) electrons. The van der Waals surface area contributed by atoms with Crippen molar-refractivity contribution in [3.05, 3.63) is 0 Å². The van der Waals surface area contributed by atoms with Gasteiger partial charge in [-0.2, -0.15) is 0 Å². The summed E-state index contributed by atoms with van der Waals surface area (Å²) in [6.45, 7) is 5.29. The molecule has 0 fully saturated rings. The van der Waals surface area contributed by atoms with Crippen LogP contribution in [0.15, 0.2) is 0 Å². The quantitative estimate of drug-likeness (QED) is 0.375. The minimum Gasteiger partial charge on any atom is -0.381 e. The molecule has 1 atom stereocenters. The highest BCUT2D eigenvalue weighted by Crippen LogP contribution is 1.95. The number of hydrogen-bond donors (Lipinski definition) is 4. The lowest BCUT2D eigenvalue weighted by atomic mass is 10.2. The molecule has 0 aliphatic carbocycles. The molecule has 0 aromatic heterocycles. The molecule has 0 aromatic rings. The number of primary amides is 1. The van der Waals surface area contributed by atoms with Crippen molar-refractivity contribution in [1.82, 2.24) is 16.0 Å². The fraction of sp³-hybridized carbons (Fsp3) is 0.786. The molecule has 4 amide bonds. The van der Waals surface area contributed by atoms with Crippen LogP contribution in [0.1, 0.15) is 39.5 Å². The van der Waals surface area contributed by atoms with Crippen molar-refractivity contribution < 1.29 is 19.1 Å². The highest BCUT2D eigenvalue weighted by Gasteiger charge is 2.09. The van der Waals surface area contributed by atoms with Crippen LogP contribution >= 0.6 is 0 Å². The van der Waals surface area contributed by atoms with Gasteiger partial charge in [0.1, 0.15) is 0 Å². The number of carbonyl (C=O) groups is 3. The number of carbonyl (C=O) groups excluding carboxylic acids is 3. The van der Waals surface area contributed by atoms with Gasteiger partial charge in [-0.1, -0.05) is 6.92 Å². The SMILES string of the molecule is CCCOCCC(=O)NCC(=O)NC(C)CCCNC(N)=O. The number of nitrogens with one attached hydrogen (secondary N) is 3. The Morgan fingerprint density at radius 1 is 1.14 bits per heavy atom. The van der Waals surface area contributed by atoms with E-state index in [1.54, 1.807) is 0 Å². The molecule has 0 heterocycles. The fourth-order valence-electron chi connectivity index (χ4n) is 1.70. The average molecular weight is 316 g/mol. The predicted octanol–water partition coefficient (Wildman–Crippen LogP) is -0.127. The molecule has 8 heteroatoms. The van der Waals surface area contributed by atoms with E-state index >= 15 is 0 Å². The first kappa shape index (κ1) is 20.2. The number of ether oxygens (including phenoxy) is 1. The molecule has 128 valence electrons. The van der Waals surface area contributed by atoms with Gasteiger partial charge in [-0.3, -0.25) is 9.59 Å². The zero-order chi connectivity index (χ0) is 16.8. The lowest BCUT2D eigenvalue weighted by Gasteiger charge is -2.14. The van der Waals surface area contributed by atoms with Gasteiger partial charge in [0, 0.05) is 25.6 Å². The van der Waals surface area contributed by atoms with Crippen molar-refractivity contribution in [3.8, 4) is 0 Å². The molecule has 0 saturated carbocycles. The average Bonchev–Trinajstić information content (AvgIpc) is 2.46. The first-order valence-electron chi connectivity index (χ1n) is 7.62. The van der Waals surface area contributed by atoms with Crippen molar-refractivity contribution in [2.45, 2.75) is 45.6 Å². The Morgan fingerprint density at radius 2 is 1.86 bits per heavy atom. The van der Waals surface area contributed by atoms with E-state index in [-0.39, 0.29) is 30.8 Å². The molecule has 1 unspecified atom stereocenters. The summed E-state index contributed by atoms with van der Waals surface area (Å²) in [4.78, 5) is 33.6. The Bertz CT molecular complexity index is 350. The number of urea groups is 1. The van der Waals surface area contributed by atoms with Crippen molar-refractivity contribution in [2.24, 2.45) is 5.73 Å². The molecule has 0 saturated heterocycles. The lowest BCUT2D eigenvalue weighted by Crippen LogP contribution is -2.41. The molecule has 0 aliphatic heterocycles. The standard InChI is InChI=1S/C14H28N4O4/c1-3-8-22-9-6-12(19)17-10-13(20)18-11(2)5-4-7-16-14(15)21/h11H,3-10H2,1-2H3,(H,17,19)(H,18,20)(H3,15,16,21). The van der Waals surface area contributed by atoms with Gasteiger partial charge in [0.25, 0.3) is 0 Å². The molecule has 8 nitrogen and oxygen atoms in total. The topological polar surface area (TPSA) is 123 Å². The Morgan fingerprint density at radius 3 is 2.50 bits per heavy atom. The van der Waals surface area contributed by atoms with Crippen molar-refractivity contribution in [2.75, 3.05) is 26.3 Å². The maximum atomic E-state index is 11.6. The van der Waals surface area contributed by atoms with Crippen molar-refractivity contribution >= 4 is 17.8 Å². The van der Waals surface area contributed by atoms with Crippen LogP contribution in [0.4, 0.5) is 4.79 Å². The highest BCUT2D eigenvalue weighted by molar-refractivity contribution is 5.84. The first-order valence-corrected chi connectivity index (χ1v) is 7.62. The number of amides is 4. The van der Waals surface area contributed by atoms with E-state index in [1.807, 2.05) is 13.8 Å². The molecule has 0 aliphatic rings. The van der Waals surface area contributed by atoms with Gasteiger partial charge in [0.05, 0.1) is 13.2 Å². The van der Waals surface area contributed by atoms with Crippen LogP contribution in [0.5, 0.6) is 0 Å². The second kappa shape index (κ2) is 12.9. The Labute approximate surface area is 131 Å². The normalized spacial score (nSPS) is 11.5. The number of rotatable bonds is 12. The fourth-order valence-corrected chi connectivity index (χ4v) is 1.70. The third-order valence-corrected chi connectivity index (χ3v) is 2.79. The summed E-state index contributed by atoms with van der Waals surface area (Å²) in [6.07, 6.45) is 2.59. The molecule has 0 spiro atoms. The van der Waals surface area contributed by atoms with E-state index in [4.69, 9.17) is 10.5 Å². The smallest absolute Gasteiger partial charge is 0.312 e. The van der Waals surface area contributed by atoms with E-state index in [9.17, 15) is 14.4 Å². The molecule has 0 rings (SSSR count). The summed E-state index contributed by atoms with van der Waals surface area (Å²) < 4.78 is 5.20. The summed E-state index contributed by atoms with van der Waals surface area (Å²) >= 11 is 0. The Hall–Kier alpha value is -1.83. The van der Waals surface area contributed by atoms with Gasteiger partial charge < -0.3 is 26.4 Å². The maximum absolute atomic E-state index is 11.6. The van der Waals surface area contributed by atoms with Gasteiger partial charge in [-0.05, 0) is 26.2 Å². The van der Waals surface area contributed by atoms with Crippen LogP contribution in [0, 0.1) is 0 Å². The van der Waals surface area contributed by atoms with Gasteiger partial charge >= 0.3 is 6.03 Å². The highest BCUT2D eigenvalue weighted by atomic mass is 16.5. The van der Waals surface area contributed by atoms with E-state index < -0.39 is 6.03 Å². The second-order valence-corrected chi connectivity index (χ2v) is 5.04. The van der Waals surface area contributed by atoms with Gasteiger partial charge in [-0.15, -0.1) is 0 Å². The minimum absolute atomic E-state index is 0.0352. The third kappa shape index (κ3) is 13.2. The first-order chi connectivity index (χ1) is 10.5. The third-order valence-electron chi connectivity index (χ3n) is 2.79. The van der Waals surface area contributed by atoms with Crippen molar-refractivity contribution in [1.29, 1.82) is 0 Å². The molecule has 0 aromatic carbocycles. The van der Waals surface area contributed by atoms with Gasteiger partial charge in [0.2, 0.25) is 11.8 Å². The van der Waals surface area contributed by atoms with Crippen LogP contribution in [0.3, 0.4) is 0 Å². The monoisotopic (exact) mass is 316 g/mol. The Balaban J connectivity index is 3.62. The van der Waals surface area contributed by atoms with Gasteiger partial charge in [0.15, 0.2) is 0 Å². The summed E-state index contributed by atoms with van der Waals surface area (Å²) in [5, 5.41) is 7.79. The molecular formula is C14H28N4O4. The maximum Gasteiger partial charge on any atom is 0.312 e. The van der Waals surface area contributed by atoms with E-state index in [0.717, 1.165) is 6.42 Å². The minimum atomic E-state index is -0.553. The van der Waals surface area contributed by atoms with Gasteiger partial charge in [-0.25, -0.2) is 4.79 Å². The zero-order valence-electron chi connectivity index (χ0n) is 13.4. The largest absolute Gasteiger partial charge is 0.381 e. The molecule has 22 heavy (non-hydrogen) atoms. The summed E-state index contributed by atoms with van der Waals surface area (Å²) in [5.74, 6) is -0.442. The predicted molar refractivity (Wildman–Crippen MR) is 83.2 cm³/mol. The van der Waals surface area contributed by atoms with E-state index in [2.05, 4.69) is 16.0 Å². The van der Waals surface area contributed by atoms with Crippen LogP contribution in [-0.2, 0) is 14.3 Å². The summed E-state index contributed by atoms with van der Waals surface area (Å²) in [5.41, 5.74) is 4.94. The number of nitrogens with two attached hydrogens (primary N) is 1. The van der Waals surface area contributed by atoms with Crippen LogP contribution in [-0.4, -0.2) is 50.2 Å². The van der Waals surface area contributed by atoms with E-state index in [1.165, 1.54) is 0 Å². The zero-order valence-corrected chi connectivity index (χ0v) is 13.4. The number of hydrogen-bond acceptors (Lipinski definition) is 4. The van der Waals surface area contributed by atoms with E-state index in [0.29, 0.717) is 32.6 Å². The molecular weight excluding hydrogens is 288 g/mol. The van der Waals surface area contributed by atoms with Crippen LogP contribution in [0.25, 0.3) is 0 Å². The summed E-state index contributed by atoms with van der Waals surface area (Å²) in [6, 6.07) is -0.589. The summed E-state index contributed by atoms with van der Waals surface area (Å²) in [7, 11) is 0. The molecule has 0 bridgehead atoms. The van der Waals surface area contributed by atoms with Crippen molar-refractivity contribution in [3.63, 3.8) is 0 Å². The molecule has 5 N–H and O–H groups in total. The second-order valence-electron chi connectivity index (χ2n) is 5.04. The van der Waals surface area contributed by atoms with Crippen LogP contribution in [0.2, 0.25) is 0 Å². The lowest BCUT2D eigenvalue weighted by molar-refractivity contribution is -0.127.